The van der Waals surface area contributed by atoms with E-state index in [4.69, 9.17) is 5.73 Å². The second-order valence-corrected chi connectivity index (χ2v) is 3.69. The van der Waals surface area contributed by atoms with Gasteiger partial charge < -0.3 is 10.6 Å². The van der Waals surface area contributed by atoms with Crippen LogP contribution in [0.5, 0.6) is 0 Å². The van der Waals surface area contributed by atoms with Crippen molar-refractivity contribution >= 4 is 5.91 Å². The van der Waals surface area contributed by atoms with Crippen LogP contribution in [0, 0.1) is 0 Å². The van der Waals surface area contributed by atoms with Crippen LogP contribution in [0.2, 0.25) is 0 Å². The topological polar surface area (TPSA) is 59.2 Å². The number of hydrogen-bond acceptors (Lipinski definition) is 3. The van der Waals surface area contributed by atoms with E-state index in [1.54, 1.807) is 31.3 Å². The molecule has 0 fully saturated rings. The van der Waals surface area contributed by atoms with Gasteiger partial charge >= 0.3 is 0 Å². The first-order valence-electron chi connectivity index (χ1n) is 4.96. The second kappa shape index (κ2) is 4.89. The van der Waals surface area contributed by atoms with Gasteiger partial charge in [-0.05, 0) is 31.5 Å². The van der Waals surface area contributed by atoms with E-state index < -0.39 is 6.04 Å². The summed E-state index contributed by atoms with van der Waals surface area (Å²) < 4.78 is 0. The molecule has 15 heavy (non-hydrogen) atoms. The zero-order chi connectivity index (χ0) is 11.4. The number of rotatable bonds is 3. The molecule has 4 heteroatoms. The molecule has 0 radical (unpaired) electrons. The molecule has 0 aliphatic heterocycles. The zero-order valence-corrected chi connectivity index (χ0v) is 9.34. The summed E-state index contributed by atoms with van der Waals surface area (Å²) in [6, 6.07) is 3.36. The minimum Gasteiger partial charge on any atom is -0.338 e. The van der Waals surface area contributed by atoms with Crippen molar-refractivity contribution < 1.29 is 4.79 Å². The number of nitrogens with zero attached hydrogens (tertiary/aromatic N) is 2. The van der Waals surface area contributed by atoms with Crippen molar-refractivity contribution in [1.82, 2.24) is 9.88 Å². The van der Waals surface area contributed by atoms with E-state index in [2.05, 4.69) is 4.98 Å². The first kappa shape index (κ1) is 11.7. The van der Waals surface area contributed by atoms with Crippen LogP contribution in [0.15, 0.2) is 24.5 Å². The molecule has 0 bridgehead atoms. The Kier molecular flexibility index (Phi) is 3.80. The lowest BCUT2D eigenvalue weighted by Crippen LogP contribution is -2.40. The first-order chi connectivity index (χ1) is 7.04. The van der Waals surface area contributed by atoms with Crippen LogP contribution >= 0.6 is 0 Å². The number of carbonyl (C=O) groups is 1. The first-order valence-corrected chi connectivity index (χ1v) is 4.96. The number of likely N-dealkylation sites (N-methyl/N-ethyl adjacent to an activating group) is 1. The van der Waals surface area contributed by atoms with Gasteiger partial charge in [0, 0.05) is 19.4 Å². The Balaban J connectivity index is 2.77. The Morgan fingerprint density at radius 1 is 1.40 bits per heavy atom. The van der Waals surface area contributed by atoms with E-state index in [1.165, 1.54) is 0 Å². The molecule has 2 atom stereocenters. The lowest BCUT2D eigenvalue weighted by atomic mass is 10.1. The van der Waals surface area contributed by atoms with Gasteiger partial charge in [0.1, 0.15) is 0 Å². The molecule has 1 heterocycles. The van der Waals surface area contributed by atoms with E-state index in [0.29, 0.717) is 0 Å². The quantitative estimate of drug-likeness (QED) is 0.802. The van der Waals surface area contributed by atoms with Crippen LogP contribution in [0.3, 0.4) is 0 Å². The molecule has 1 aromatic rings. The smallest absolute Gasteiger partial charge is 0.239 e. The predicted molar refractivity (Wildman–Crippen MR) is 59.1 cm³/mol. The van der Waals surface area contributed by atoms with Crippen LogP contribution in [0.4, 0.5) is 0 Å². The summed E-state index contributed by atoms with van der Waals surface area (Å²) in [7, 11) is 1.76. The average molecular weight is 207 g/mol. The van der Waals surface area contributed by atoms with Crippen LogP contribution in [0.1, 0.15) is 25.5 Å². The summed E-state index contributed by atoms with van der Waals surface area (Å²) in [5, 5.41) is 0. The third kappa shape index (κ3) is 2.76. The molecule has 1 rings (SSSR count). The number of pyridine rings is 1. The molecule has 0 aliphatic rings. The number of amides is 1. The molecule has 1 aromatic heterocycles. The third-order valence-electron chi connectivity index (χ3n) is 2.51. The van der Waals surface area contributed by atoms with Gasteiger partial charge in [0.05, 0.1) is 12.1 Å². The number of nitrogens with two attached hydrogens (primary N) is 1. The molecule has 0 saturated carbocycles. The molecule has 0 aliphatic carbocycles. The minimum absolute atomic E-state index is 0.0199. The summed E-state index contributed by atoms with van der Waals surface area (Å²) in [6.45, 7) is 3.66. The van der Waals surface area contributed by atoms with Crippen LogP contribution in [-0.4, -0.2) is 28.9 Å². The number of carbonyl (C=O) groups excluding carboxylic acids is 1. The molecule has 82 valence electrons. The van der Waals surface area contributed by atoms with Crippen LogP contribution in [0.25, 0.3) is 0 Å². The molecule has 4 nitrogen and oxygen atoms in total. The second-order valence-electron chi connectivity index (χ2n) is 3.69. The molecular weight excluding hydrogens is 190 g/mol. The van der Waals surface area contributed by atoms with Crippen molar-refractivity contribution in [2.24, 2.45) is 5.73 Å². The highest BCUT2D eigenvalue weighted by Gasteiger charge is 2.19. The van der Waals surface area contributed by atoms with Gasteiger partial charge in [0.15, 0.2) is 0 Å². The highest BCUT2D eigenvalue weighted by molar-refractivity contribution is 5.81. The number of hydrogen-bond donors (Lipinski definition) is 1. The van der Waals surface area contributed by atoms with Gasteiger partial charge in [-0.25, -0.2) is 0 Å². The maximum Gasteiger partial charge on any atom is 0.239 e. The van der Waals surface area contributed by atoms with Crippen molar-refractivity contribution in [3.63, 3.8) is 0 Å². The highest BCUT2D eigenvalue weighted by Crippen LogP contribution is 2.17. The van der Waals surface area contributed by atoms with Crippen LogP contribution < -0.4 is 5.73 Å². The van der Waals surface area contributed by atoms with Gasteiger partial charge in [-0.2, -0.15) is 0 Å². The Hall–Kier alpha value is -1.42. The molecule has 0 saturated heterocycles. The van der Waals surface area contributed by atoms with Crippen molar-refractivity contribution in [3.8, 4) is 0 Å². The Bertz CT molecular complexity index is 324. The SMILES string of the molecule is CC(c1ccncc1)N(C)C(=O)[C@H](C)N. The summed E-state index contributed by atoms with van der Waals surface area (Å²) in [4.78, 5) is 17.2. The monoisotopic (exact) mass is 207 g/mol. The van der Waals surface area contributed by atoms with Crippen molar-refractivity contribution in [3.05, 3.63) is 30.1 Å². The fourth-order valence-corrected chi connectivity index (χ4v) is 1.38. The minimum atomic E-state index is -0.459. The van der Waals surface area contributed by atoms with Crippen molar-refractivity contribution in [1.29, 1.82) is 0 Å². The standard InChI is InChI=1S/C11H17N3O/c1-8(12)11(15)14(3)9(2)10-4-6-13-7-5-10/h4-9H,12H2,1-3H3/t8-,9?/m0/s1. The zero-order valence-electron chi connectivity index (χ0n) is 9.34. The van der Waals surface area contributed by atoms with Crippen molar-refractivity contribution in [2.75, 3.05) is 7.05 Å². The fourth-order valence-electron chi connectivity index (χ4n) is 1.38. The average Bonchev–Trinajstić information content (AvgIpc) is 2.27. The van der Waals surface area contributed by atoms with E-state index in [1.807, 2.05) is 19.1 Å². The highest BCUT2D eigenvalue weighted by atomic mass is 16.2. The van der Waals surface area contributed by atoms with Crippen molar-refractivity contribution in [2.45, 2.75) is 25.9 Å². The van der Waals surface area contributed by atoms with Gasteiger partial charge in [-0.15, -0.1) is 0 Å². The summed E-state index contributed by atoms with van der Waals surface area (Å²) in [6.07, 6.45) is 3.44. The van der Waals surface area contributed by atoms with Gasteiger partial charge in [0.25, 0.3) is 0 Å². The Morgan fingerprint density at radius 2 is 1.93 bits per heavy atom. The molecule has 0 aromatic carbocycles. The summed E-state index contributed by atoms with van der Waals surface area (Å²) in [5.74, 6) is -0.0562. The molecule has 0 spiro atoms. The largest absolute Gasteiger partial charge is 0.338 e. The summed E-state index contributed by atoms with van der Waals surface area (Å²) in [5.41, 5.74) is 6.61. The maximum atomic E-state index is 11.6. The molecule has 1 unspecified atom stereocenters. The third-order valence-corrected chi connectivity index (χ3v) is 2.51. The maximum absolute atomic E-state index is 11.6. The van der Waals surface area contributed by atoms with E-state index in [-0.39, 0.29) is 11.9 Å². The van der Waals surface area contributed by atoms with Gasteiger partial charge in [-0.1, -0.05) is 0 Å². The number of aromatic nitrogens is 1. The van der Waals surface area contributed by atoms with Gasteiger partial charge in [-0.3, -0.25) is 9.78 Å². The fraction of sp³-hybridized carbons (Fsp3) is 0.455. The molecule has 1 amide bonds. The molecular formula is C11H17N3O. The van der Waals surface area contributed by atoms with E-state index >= 15 is 0 Å². The Morgan fingerprint density at radius 3 is 2.40 bits per heavy atom. The van der Waals surface area contributed by atoms with Crippen LogP contribution in [-0.2, 0) is 4.79 Å². The Labute approximate surface area is 90.1 Å². The molecule has 2 N–H and O–H groups in total. The van der Waals surface area contributed by atoms with Gasteiger partial charge in [0.2, 0.25) is 5.91 Å². The lowest BCUT2D eigenvalue weighted by molar-refractivity contribution is -0.132. The summed E-state index contributed by atoms with van der Waals surface area (Å²) >= 11 is 0. The lowest BCUT2D eigenvalue weighted by Gasteiger charge is -2.26. The van der Waals surface area contributed by atoms with E-state index in [9.17, 15) is 4.79 Å². The normalized spacial score (nSPS) is 14.4. The van der Waals surface area contributed by atoms with E-state index in [0.717, 1.165) is 5.56 Å². The predicted octanol–water partition coefficient (Wildman–Crippen LogP) is 0.948.